The lowest BCUT2D eigenvalue weighted by molar-refractivity contribution is 0.224. The molecule has 2 heterocycles. The first kappa shape index (κ1) is 17.1. The molecule has 4 nitrogen and oxygen atoms in total. The molecule has 4 rings (SSSR count). The Kier molecular flexibility index (Phi) is 5.18. The van der Waals surface area contributed by atoms with E-state index < -0.39 is 6.67 Å². The first-order chi connectivity index (χ1) is 12.8. The van der Waals surface area contributed by atoms with E-state index >= 15 is 0 Å². The summed E-state index contributed by atoms with van der Waals surface area (Å²) in [5.41, 5.74) is 2.19. The van der Waals surface area contributed by atoms with Crippen molar-refractivity contribution in [1.82, 2.24) is 9.80 Å². The Morgan fingerprint density at radius 2 is 1.73 bits per heavy atom. The van der Waals surface area contributed by atoms with Crippen molar-refractivity contribution in [3.8, 4) is 5.75 Å². The number of nitrogens with zero attached hydrogens (tertiary/aromatic N) is 2. The van der Waals surface area contributed by atoms with Crippen LogP contribution >= 0.6 is 0 Å². The molecule has 2 aromatic carbocycles. The maximum absolute atomic E-state index is 12.1. The zero-order valence-corrected chi connectivity index (χ0v) is 14.7. The molecule has 1 saturated heterocycles. The summed E-state index contributed by atoms with van der Waals surface area (Å²) >= 11 is 0. The maximum atomic E-state index is 12.1. The molecule has 0 bridgehead atoms. The number of halogens is 1. The predicted octanol–water partition coefficient (Wildman–Crippen LogP) is 4.06. The lowest BCUT2D eigenvalue weighted by Gasteiger charge is -2.17. The number of fused-ring (bicyclic) bond motifs is 1. The lowest BCUT2D eigenvalue weighted by atomic mass is 10.2. The fourth-order valence-corrected chi connectivity index (χ4v) is 3.41. The summed E-state index contributed by atoms with van der Waals surface area (Å²) in [5, 5.41) is 1.16. The summed E-state index contributed by atoms with van der Waals surface area (Å²) in [4.78, 5) is 4.82. The van der Waals surface area contributed by atoms with Gasteiger partial charge in [0.05, 0.1) is 13.2 Å². The minimum absolute atomic E-state index is 0.113. The highest BCUT2D eigenvalue weighted by Gasteiger charge is 2.21. The molecule has 3 aromatic rings. The molecule has 0 unspecified atom stereocenters. The third-order valence-corrected chi connectivity index (χ3v) is 4.66. The van der Waals surface area contributed by atoms with Gasteiger partial charge in [0, 0.05) is 25.0 Å². The van der Waals surface area contributed by atoms with Crippen molar-refractivity contribution in [3.05, 3.63) is 65.9 Å². The number of benzene rings is 2. The number of alkyl halides is 1. The van der Waals surface area contributed by atoms with Gasteiger partial charge in [0.2, 0.25) is 0 Å². The molecule has 0 N–H and O–H groups in total. The highest BCUT2D eigenvalue weighted by molar-refractivity contribution is 5.77. The van der Waals surface area contributed by atoms with Crippen molar-refractivity contribution in [2.75, 3.05) is 33.0 Å². The molecule has 0 spiro atoms. The molecule has 26 heavy (non-hydrogen) atoms. The Hall–Kier alpha value is -2.37. The van der Waals surface area contributed by atoms with E-state index in [0.717, 1.165) is 55.3 Å². The minimum Gasteiger partial charge on any atom is -0.491 e. The summed E-state index contributed by atoms with van der Waals surface area (Å²) in [6.45, 7) is 4.40. The summed E-state index contributed by atoms with van der Waals surface area (Å²) in [6.07, 6.45) is 0. The van der Waals surface area contributed by atoms with Gasteiger partial charge >= 0.3 is 0 Å². The average molecular weight is 354 g/mol. The molecule has 0 amide bonds. The van der Waals surface area contributed by atoms with Crippen LogP contribution in [0.25, 0.3) is 11.0 Å². The van der Waals surface area contributed by atoms with Gasteiger partial charge in [-0.3, -0.25) is 9.80 Å². The number of rotatable bonds is 7. The number of furan rings is 1. The van der Waals surface area contributed by atoms with E-state index in [2.05, 4.69) is 34.1 Å². The van der Waals surface area contributed by atoms with E-state index in [9.17, 15) is 4.39 Å². The molecule has 1 aromatic heterocycles. The van der Waals surface area contributed by atoms with Gasteiger partial charge in [0.1, 0.15) is 30.4 Å². The molecule has 1 aliphatic heterocycles. The Bertz CT molecular complexity index is 814. The smallest absolute Gasteiger partial charge is 0.134 e. The van der Waals surface area contributed by atoms with Crippen molar-refractivity contribution in [2.24, 2.45) is 0 Å². The number of hydrogen-bond acceptors (Lipinski definition) is 4. The van der Waals surface area contributed by atoms with Gasteiger partial charge in [0.25, 0.3) is 0 Å². The van der Waals surface area contributed by atoms with Gasteiger partial charge in [-0.05, 0) is 29.8 Å². The van der Waals surface area contributed by atoms with Crippen molar-refractivity contribution < 1.29 is 13.5 Å². The topological polar surface area (TPSA) is 28.9 Å². The predicted molar refractivity (Wildman–Crippen MR) is 99.8 cm³/mol. The molecule has 0 radical (unpaired) electrons. The quantitative estimate of drug-likeness (QED) is 0.640. The molecule has 0 aliphatic carbocycles. The van der Waals surface area contributed by atoms with Crippen LogP contribution in [0.15, 0.2) is 59.0 Å². The molecule has 0 saturated carbocycles. The molecule has 136 valence electrons. The van der Waals surface area contributed by atoms with E-state index in [1.165, 1.54) is 5.56 Å². The Balaban J connectivity index is 1.30. The first-order valence-corrected chi connectivity index (χ1v) is 9.00. The Labute approximate surface area is 152 Å². The van der Waals surface area contributed by atoms with Gasteiger partial charge in [-0.15, -0.1) is 0 Å². The second-order valence-electron chi connectivity index (χ2n) is 6.68. The SMILES string of the molecule is FCCOc1ccc(CN2CCN(Cc3cc4ccccc4o3)C2)cc1. The molecule has 5 heteroatoms. The zero-order chi connectivity index (χ0) is 17.8. The Morgan fingerprint density at radius 1 is 0.962 bits per heavy atom. The average Bonchev–Trinajstić information content (AvgIpc) is 3.27. The van der Waals surface area contributed by atoms with Crippen molar-refractivity contribution in [1.29, 1.82) is 0 Å². The first-order valence-electron chi connectivity index (χ1n) is 9.00. The van der Waals surface area contributed by atoms with Crippen LogP contribution < -0.4 is 4.74 Å². The van der Waals surface area contributed by atoms with Crippen LogP contribution in [0, 0.1) is 0 Å². The normalized spacial score (nSPS) is 15.7. The van der Waals surface area contributed by atoms with Crippen molar-refractivity contribution in [3.63, 3.8) is 0 Å². The highest BCUT2D eigenvalue weighted by atomic mass is 19.1. The lowest BCUT2D eigenvalue weighted by Crippen LogP contribution is -2.24. The van der Waals surface area contributed by atoms with Gasteiger partial charge in [-0.2, -0.15) is 0 Å². The van der Waals surface area contributed by atoms with Gasteiger partial charge < -0.3 is 9.15 Å². The van der Waals surface area contributed by atoms with E-state index in [0.29, 0.717) is 0 Å². The van der Waals surface area contributed by atoms with Gasteiger partial charge in [0.15, 0.2) is 0 Å². The van der Waals surface area contributed by atoms with Gasteiger partial charge in [-0.1, -0.05) is 30.3 Å². The second kappa shape index (κ2) is 7.89. The van der Waals surface area contributed by atoms with Crippen LogP contribution in [-0.2, 0) is 13.1 Å². The van der Waals surface area contributed by atoms with E-state index in [1.54, 1.807) is 0 Å². The summed E-state index contributed by atoms with van der Waals surface area (Å²) < 4.78 is 23.3. The monoisotopic (exact) mass is 354 g/mol. The van der Waals surface area contributed by atoms with E-state index in [4.69, 9.17) is 9.15 Å². The standard InChI is InChI=1S/C21H23FN2O2/c22-9-12-25-19-7-5-17(6-8-19)14-23-10-11-24(16-23)15-20-13-18-3-1-2-4-21(18)26-20/h1-8,13H,9-12,14-16H2. The van der Waals surface area contributed by atoms with Crippen molar-refractivity contribution >= 4 is 11.0 Å². The van der Waals surface area contributed by atoms with Crippen LogP contribution in [-0.4, -0.2) is 42.8 Å². The van der Waals surface area contributed by atoms with Crippen LogP contribution in [0.5, 0.6) is 5.75 Å². The molecular formula is C21H23FN2O2. The fraction of sp³-hybridized carbons (Fsp3) is 0.333. The molecular weight excluding hydrogens is 331 g/mol. The summed E-state index contributed by atoms with van der Waals surface area (Å²) in [6, 6.07) is 18.2. The van der Waals surface area contributed by atoms with Crippen LogP contribution in [0.4, 0.5) is 4.39 Å². The third kappa shape index (κ3) is 4.06. The van der Waals surface area contributed by atoms with Crippen LogP contribution in [0.1, 0.15) is 11.3 Å². The van der Waals surface area contributed by atoms with Crippen molar-refractivity contribution in [2.45, 2.75) is 13.1 Å². The third-order valence-electron chi connectivity index (χ3n) is 4.66. The highest BCUT2D eigenvalue weighted by Crippen LogP contribution is 2.22. The van der Waals surface area contributed by atoms with Crippen LogP contribution in [0.2, 0.25) is 0 Å². The second-order valence-corrected chi connectivity index (χ2v) is 6.68. The van der Waals surface area contributed by atoms with E-state index in [1.807, 2.05) is 30.3 Å². The summed E-state index contributed by atoms with van der Waals surface area (Å²) in [5.74, 6) is 1.74. The molecule has 0 atom stereocenters. The number of para-hydroxylation sites is 1. The minimum atomic E-state index is -0.462. The van der Waals surface area contributed by atoms with Crippen LogP contribution in [0.3, 0.4) is 0 Å². The number of ether oxygens (including phenoxy) is 1. The number of hydrogen-bond donors (Lipinski definition) is 0. The largest absolute Gasteiger partial charge is 0.491 e. The van der Waals surface area contributed by atoms with E-state index in [-0.39, 0.29) is 6.61 Å². The summed E-state index contributed by atoms with van der Waals surface area (Å²) in [7, 11) is 0. The maximum Gasteiger partial charge on any atom is 0.134 e. The molecule has 1 fully saturated rings. The zero-order valence-electron chi connectivity index (χ0n) is 14.7. The van der Waals surface area contributed by atoms with Gasteiger partial charge in [-0.25, -0.2) is 4.39 Å². The fourth-order valence-electron chi connectivity index (χ4n) is 3.41. The Morgan fingerprint density at radius 3 is 2.50 bits per heavy atom. The molecule has 1 aliphatic rings.